The lowest BCUT2D eigenvalue weighted by molar-refractivity contribution is -0.138. The quantitative estimate of drug-likeness (QED) is 0.786. The Kier molecular flexibility index (Phi) is 4.76. The van der Waals surface area contributed by atoms with Gasteiger partial charge < -0.3 is 9.80 Å². The van der Waals surface area contributed by atoms with Crippen molar-refractivity contribution >= 4 is 40.4 Å². The summed E-state index contributed by atoms with van der Waals surface area (Å²) >= 11 is 8.02. The number of fused-ring (bicyclic) bond motifs is 1. The second-order valence-corrected chi connectivity index (χ2v) is 8.27. The van der Waals surface area contributed by atoms with Gasteiger partial charge >= 0.3 is 0 Å². The molecule has 3 heterocycles. The summed E-state index contributed by atoms with van der Waals surface area (Å²) in [5.74, 6) is -0.234. The number of para-hydroxylation sites is 1. The zero-order chi connectivity index (χ0) is 18.3. The van der Waals surface area contributed by atoms with E-state index in [-0.39, 0.29) is 30.2 Å². The van der Waals surface area contributed by atoms with Crippen LogP contribution in [0.5, 0.6) is 0 Å². The molecule has 4 nitrogen and oxygen atoms in total. The minimum absolute atomic E-state index is 0.0299. The summed E-state index contributed by atoms with van der Waals surface area (Å²) in [7, 11) is 0. The first-order valence-electron chi connectivity index (χ1n) is 9.01. The zero-order valence-electron chi connectivity index (χ0n) is 14.7. The molecule has 1 fully saturated rings. The first kappa shape index (κ1) is 17.6. The Balaban J connectivity index is 1.54. The molecule has 2 aromatic rings. The Morgan fingerprint density at radius 3 is 2.88 bits per heavy atom. The summed E-state index contributed by atoms with van der Waals surface area (Å²) in [4.78, 5) is 30.8. The fourth-order valence-electron chi connectivity index (χ4n) is 4.11. The molecular formula is C20H21ClN2O2S. The molecule has 0 radical (unpaired) electrons. The molecule has 4 rings (SSSR count). The highest BCUT2D eigenvalue weighted by Crippen LogP contribution is 2.38. The van der Waals surface area contributed by atoms with E-state index in [1.54, 1.807) is 22.3 Å². The van der Waals surface area contributed by atoms with E-state index >= 15 is 0 Å². The number of benzene rings is 1. The molecule has 2 unspecified atom stereocenters. The standard InChI is InChI=1S/C20H21ClN2O2S/c1-2-16-14-8-10-26-18(14)7-9-22(16)20(25)13-11-19(24)23(12-13)17-6-4-3-5-15(17)21/h3-6,8,10,13,16H,2,7,9,11-12H2,1H3. The molecule has 136 valence electrons. The van der Waals surface area contributed by atoms with E-state index in [9.17, 15) is 9.59 Å². The van der Waals surface area contributed by atoms with Gasteiger partial charge in [-0.1, -0.05) is 30.7 Å². The molecule has 0 spiro atoms. The average Bonchev–Trinajstić information content (AvgIpc) is 3.27. The van der Waals surface area contributed by atoms with Gasteiger partial charge in [0.2, 0.25) is 11.8 Å². The topological polar surface area (TPSA) is 40.6 Å². The van der Waals surface area contributed by atoms with E-state index in [0.29, 0.717) is 17.3 Å². The Bertz CT molecular complexity index is 850. The zero-order valence-corrected chi connectivity index (χ0v) is 16.2. The van der Waals surface area contributed by atoms with E-state index < -0.39 is 0 Å². The highest BCUT2D eigenvalue weighted by Gasteiger charge is 2.40. The lowest BCUT2D eigenvalue weighted by Gasteiger charge is -2.37. The number of hydrogen-bond acceptors (Lipinski definition) is 3. The van der Waals surface area contributed by atoms with Crippen LogP contribution in [0.3, 0.4) is 0 Å². The number of amides is 2. The van der Waals surface area contributed by atoms with Crippen molar-refractivity contribution < 1.29 is 9.59 Å². The molecule has 2 aliphatic heterocycles. The van der Waals surface area contributed by atoms with E-state index in [1.165, 1.54) is 10.4 Å². The minimum Gasteiger partial charge on any atom is -0.335 e. The minimum atomic E-state index is -0.298. The van der Waals surface area contributed by atoms with Crippen LogP contribution in [-0.2, 0) is 16.0 Å². The number of carbonyl (C=O) groups is 2. The van der Waals surface area contributed by atoms with Crippen LogP contribution in [0.25, 0.3) is 0 Å². The number of rotatable bonds is 3. The van der Waals surface area contributed by atoms with Gasteiger partial charge in [0.05, 0.1) is 22.7 Å². The lowest BCUT2D eigenvalue weighted by Crippen LogP contribution is -2.43. The van der Waals surface area contributed by atoms with Crippen molar-refractivity contribution in [3.63, 3.8) is 0 Å². The third-order valence-electron chi connectivity index (χ3n) is 5.38. The van der Waals surface area contributed by atoms with Gasteiger partial charge in [-0.2, -0.15) is 0 Å². The predicted octanol–water partition coefficient (Wildman–Crippen LogP) is 4.29. The van der Waals surface area contributed by atoms with Gasteiger partial charge in [-0.25, -0.2) is 0 Å². The molecular weight excluding hydrogens is 368 g/mol. The molecule has 0 aliphatic carbocycles. The van der Waals surface area contributed by atoms with Crippen LogP contribution < -0.4 is 4.90 Å². The van der Waals surface area contributed by atoms with Gasteiger partial charge in [0.1, 0.15) is 0 Å². The summed E-state index contributed by atoms with van der Waals surface area (Å²) in [5, 5.41) is 2.65. The maximum Gasteiger partial charge on any atom is 0.228 e. The van der Waals surface area contributed by atoms with Gasteiger partial charge in [0, 0.05) is 24.4 Å². The van der Waals surface area contributed by atoms with Gasteiger partial charge in [0.25, 0.3) is 0 Å². The normalized spacial score (nSPS) is 22.6. The molecule has 0 bridgehead atoms. The molecule has 2 amide bonds. The molecule has 6 heteroatoms. The van der Waals surface area contributed by atoms with Crippen LogP contribution in [0.4, 0.5) is 5.69 Å². The Labute approximate surface area is 162 Å². The first-order chi connectivity index (χ1) is 12.6. The third kappa shape index (κ3) is 2.93. The second-order valence-electron chi connectivity index (χ2n) is 6.86. The number of anilines is 1. The number of nitrogens with zero attached hydrogens (tertiary/aromatic N) is 2. The number of thiophene rings is 1. The van der Waals surface area contributed by atoms with Crippen molar-refractivity contribution in [2.45, 2.75) is 32.2 Å². The van der Waals surface area contributed by atoms with Crippen LogP contribution in [0.15, 0.2) is 35.7 Å². The lowest BCUT2D eigenvalue weighted by atomic mass is 9.95. The maximum atomic E-state index is 13.2. The summed E-state index contributed by atoms with van der Waals surface area (Å²) in [6.45, 7) is 3.26. The van der Waals surface area contributed by atoms with Crippen LogP contribution >= 0.6 is 22.9 Å². The largest absolute Gasteiger partial charge is 0.335 e. The number of hydrogen-bond donors (Lipinski definition) is 0. The number of halogens is 1. The van der Waals surface area contributed by atoms with Crippen molar-refractivity contribution in [3.8, 4) is 0 Å². The maximum absolute atomic E-state index is 13.2. The fraction of sp³-hybridized carbons (Fsp3) is 0.400. The summed E-state index contributed by atoms with van der Waals surface area (Å²) in [6.07, 6.45) is 2.06. The predicted molar refractivity (Wildman–Crippen MR) is 105 cm³/mol. The third-order valence-corrected chi connectivity index (χ3v) is 6.70. The van der Waals surface area contributed by atoms with Crippen LogP contribution in [0, 0.1) is 5.92 Å². The van der Waals surface area contributed by atoms with Gasteiger partial charge in [-0.05, 0) is 42.0 Å². The van der Waals surface area contributed by atoms with E-state index in [1.807, 2.05) is 23.1 Å². The molecule has 2 atom stereocenters. The van der Waals surface area contributed by atoms with Crippen molar-refractivity contribution in [2.75, 3.05) is 18.0 Å². The molecule has 0 N–H and O–H groups in total. The highest BCUT2D eigenvalue weighted by molar-refractivity contribution is 7.10. The Morgan fingerprint density at radius 1 is 1.31 bits per heavy atom. The molecule has 1 aromatic heterocycles. The SMILES string of the molecule is CCC1c2ccsc2CCN1C(=O)C1CC(=O)N(c2ccccc2Cl)C1. The summed E-state index contributed by atoms with van der Waals surface area (Å²) in [5.41, 5.74) is 1.98. The second kappa shape index (κ2) is 7.05. The van der Waals surface area contributed by atoms with Crippen molar-refractivity contribution in [1.82, 2.24) is 4.90 Å². The van der Waals surface area contributed by atoms with Crippen molar-refractivity contribution in [2.24, 2.45) is 5.92 Å². The average molecular weight is 389 g/mol. The number of carbonyl (C=O) groups excluding carboxylic acids is 2. The molecule has 1 saturated heterocycles. The van der Waals surface area contributed by atoms with Crippen molar-refractivity contribution in [3.05, 3.63) is 51.2 Å². The van der Waals surface area contributed by atoms with E-state index in [4.69, 9.17) is 11.6 Å². The first-order valence-corrected chi connectivity index (χ1v) is 10.3. The van der Waals surface area contributed by atoms with Crippen LogP contribution in [0.1, 0.15) is 36.2 Å². The van der Waals surface area contributed by atoms with Gasteiger partial charge in [0.15, 0.2) is 0 Å². The van der Waals surface area contributed by atoms with E-state index in [0.717, 1.165) is 19.4 Å². The Hall–Kier alpha value is -1.85. The van der Waals surface area contributed by atoms with Gasteiger partial charge in [-0.3, -0.25) is 9.59 Å². The molecule has 26 heavy (non-hydrogen) atoms. The van der Waals surface area contributed by atoms with Crippen LogP contribution in [0.2, 0.25) is 5.02 Å². The summed E-state index contributed by atoms with van der Waals surface area (Å²) < 4.78 is 0. The monoisotopic (exact) mass is 388 g/mol. The van der Waals surface area contributed by atoms with Crippen LogP contribution in [-0.4, -0.2) is 29.8 Å². The molecule has 0 saturated carbocycles. The molecule has 1 aromatic carbocycles. The Morgan fingerprint density at radius 2 is 2.12 bits per heavy atom. The van der Waals surface area contributed by atoms with Gasteiger partial charge in [-0.15, -0.1) is 11.3 Å². The fourth-order valence-corrected chi connectivity index (χ4v) is 5.28. The smallest absolute Gasteiger partial charge is 0.228 e. The summed E-state index contributed by atoms with van der Waals surface area (Å²) in [6, 6.07) is 9.58. The molecule has 2 aliphatic rings. The van der Waals surface area contributed by atoms with E-state index in [2.05, 4.69) is 18.4 Å². The van der Waals surface area contributed by atoms with Crippen molar-refractivity contribution in [1.29, 1.82) is 0 Å². The highest BCUT2D eigenvalue weighted by atomic mass is 35.5.